The first kappa shape index (κ1) is 8.13. The highest BCUT2D eigenvalue weighted by Gasteiger charge is 2.06. The maximum absolute atomic E-state index is 8.51. The van der Waals surface area contributed by atoms with Gasteiger partial charge in [-0.05, 0) is 15.9 Å². The second-order valence-corrected chi connectivity index (χ2v) is 3.11. The van der Waals surface area contributed by atoms with Crippen LogP contribution in [0.1, 0.15) is 5.82 Å². The first-order chi connectivity index (χ1) is 6.33. The van der Waals surface area contributed by atoms with E-state index in [4.69, 9.17) is 5.26 Å². The molecule has 2 aromatic heterocycles. The zero-order chi connectivity index (χ0) is 9.26. The Labute approximate surface area is 82.2 Å². The van der Waals surface area contributed by atoms with E-state index in [2.05, 4.69) is 31.1 Å². The van der Waals surface area contributed by atoms with Crippen LogP contribution >= 0.6 is 15.9 Å². The Balaban J connectivity index is 2.70. The van der Waals surface area contributed by atoms with Gasteiger partial charge in [0, 0.05) is 12.4 Å². The van der Waals surface area contributed by atoms with Gasteiger partial charge in [-0.3, -0.25) is 4.40 Å². The van der Waals surface area contributed by atoms with E-state index in [1.165, 1.54) is 0 Å². The van der Waals surface area contributed by atoms with Gasteiger partial charge in [-0.15, -0.1) is 10.2 Å². The van der Waals surface area contributed by atoms with Gasteiger partial charge in [0.2, 0.25) is 0 Å². The van der Waals surface area contributed by atoms with Crippen LogP contribution < -0.4 is 0 Å². The molecule has 0 atom stereocenters. The van der Waals surface area contributed by atoms with Crippen LogP contribution in [0, 0.1) is 11.3 Å². The highest BCUT2D eigenvalue weighted by molar-refractivity contribution is 9.10. The van der Waals surface area contributed by atoms with Gasteiger partial charge in [-0.1, -0.05) is 0 Å². The minimum atomic E-state index is 0.248. The largest absolute Gasteiger partial charge is 0.282 e. The third kappa shape index (κ3) is 1.27. The molecule has 0 unspecified atom stereocenters. The molecule has 0 radical (unpaired) electrons. The van der Waals surface area contributed by atoms with Crippen LogP contribution in [-0.2, 0) is 6.42 Å². The fourth-order valence-electron chi connectivity index (χ4n) is 1.04. The van der Waals surface area contributed by atoms with E-state index in [1.807, 2.05) is 6.07 Å². The van der Waals surface area contributed by atoms with Crippen LogP contribution in [0.25, 0.3) is 5.65 Å². The standard InChI is InChI=1S/C7H4BrN5/c8-6-7-12-11-5(1-2-9)13(7)4-3-10-6/h3-4H,1H2. The van der Waals surface area contributed by atoms with E-state index >= 15 is 0 Å². The molecule has 0 aliphatic heterocycles. The van der Waals surface area contributed by atoms with E-state index in [0.717, 1.165) is 0 Å². The summed E-state index contributed by atoms with van der Waals surface area (Å²) < 4.78 is 2.37. The zero-order valence-corrected chi connectivity index (χ0v) is 8.06. The summed E-state index contributed by atoms with van der Waals surface area (Å²) in [5, 5.41) is 16.3. The Morgan fingerprint density at radius 2 is 2.38 bits per heavy atom. The number of halogens is 1. The van der Waals surface area contributed by atoms with Crippen LogP contribution in [0.5, 0.6) is 0 Å². The third-order valence-electron chi connectivity index (χ3n) is 1.59. The van der Waals surface area contributed by atoms with Crippen molar-refractivity contribution in [3.63, 3.8) is 0 Å². The summed E-state index contributed by atoms with van der Waals surface area (Å²) in [5.74, 6) is 0.626. The van der Waals surface area contributed by atoms with Crippen LogP contribution in [0.3, 0.4) is 0 Å². The van der Waals surface area contributed by atoms with Crippen LogP contribution in [-0.4, -0.2) is 19.6 Å². The molecule has 6 heteroatoms. The van der Waals surface area contributed by atoms with Crippen molar-refractivity contribution < 1.29 is 0 Å². The molecule has 0 aliphatic rings. The third-order valence-corrected chi connectivity index (χ3v) is 2.15. The molecule has 64 valence electrons. The number of hydrogen-bond acceptors (Lipinski definition) is 4. The number of nitriles is 1. The predicted molar refractivity (Wildman–Crippen MR) is 47.8 cm³/mol. The SMILES string of the molecule is N#CCc1nnc2c(Br)nccn12. The van der Waals surface area contributed by atoms with Gasteiger partial charge in [-0.2, -0.15) is 5.26 Å². The Morgan fingerprint density at radius 1 is 1.54 bits per heavy atom. The molecule has 2 aromatic rings. The van der Waals surface area contributed by atoms with Crippen molar-refractivity contribution in [2.24, 2.45) is 0 Å². The predicted octanol–water partition coefficient (Wildman–Crippen LogP) is 0.953. The molecular weight excluding hydrogens is 234 g/mol. The van der Waals surface area contributed by atoms with Crippen LogP contribution in [0.15, 0.2) is 17.0 Å². The lowest BCUT2D eigenvalue weighted by Crippen LogP contribution is -1.93. The number of rotatable bonds is 1. The number of aromatic nitrogens is 4. The number of fused-ring (bicyclic) bond motifs is 1. The van der Waals surface area contributed by atoms with E-state index < -0.39 is 0 Å². The molecular formula is C7H4BrN5. The van der Waals surface area contributed by atoms with Crippen molar-refractivity contribution in [1.29, 1.82) is 5.26 Å². The minimum Gasteiger partial charge on any atom is -0.282 e. The lowest BCUT2D eigenvalue weighted by Gasteiger charge is -1.94. The molecule has 0 saturated carbocycles. The van der Waals surface area contributed by atoms with E-state index in [1.54, 1.807) is 16.8 Å². The molecule has 0 fully saturated rings. The van der Waals surface area contributed by atoms with Crippen LogP contribution in [0.2, 0.25) is 0 Å². The van der Waals surface area contributed by atoms with Crippen molar-refractivity contribution >= 4 is 21.6 Å². The first-order valence-corrected chi connectivity index (χ1v) is 4.33. The van der Waals surface area contributed by atoms with Gasteiger partial charge in [0.15, 0.2) is 16.1 Å². The Kier molecular flexibility index (Phi) is 1.94. The molecule has 2 rings (SSSR count). The summed E-state index contributed by atoms with van der Waals surface area (Å²) in [4.78, 5) is 3.99. The molecule has 13 heavy (non-hydrogen) atoms. The van der Waals surface area contributed by atoms with Gasteiger partial charge in [0.05, 0.1) is 12.5 Å². The van der Waals surface area contributed by atoms with Gasteiger partial charge in [0.25, 0.3) is 0 Å². The Bertz CT molecular complexity index is 483. The van der Waals surface area contributed by atoms with Crippen LogP contribution in [0.4, 0.5) is 0 Å². The molecule has 0 N–H and O–H groups in total. The summed E-state index contributed by atoms with van der Waals surface area (Å²) in [6, 6.07) is 2.02. The fraction of sp³-hybridized carbons (Fsp3) is 0.143. The smallest absolute Gasteiger partial charge is 0.194 e. The molecule has 0 bridgehead atoms. The summed E-state index contributed by atoms with van der Waals surface area (Å²) >= 11 is 3.24. The van der Waals surface area contributed by atoms with E-state index in [9.17, 15) is 0 Å². The van der Waals surface area contributed by atoms with E-state index in [-0.39, 0.29) is 6.42 Å². The molecule has 0 spiro atoms. The molecule has 0 amide bonds. The Morgan fingerprint density at radius 3 is 3.15 bits per heavy atom. The summed E-state index contributed by atoms with van der Waals surface area (Å²) in [5.41, 5.74) is 0.632. The lowest BCUT2D eigenvalue weighted by atomic mass is 10.4. The lowest BCUT2D eigenvalue weighted by molar-refractivity contribution is 0.952. The van der Waals surface area contributed by atoms with Crippen molar-refractivity contribution in [1.82, 2.24) is 19.6 Å². The van der Waals surface area contributed by atoms with E-state index in [0.29, 0.717) is 16.1 Å². The average molecular weight is 238 g/mol. The quantitative estimate of drug-likeness (QED) is 0.741. The highest BCUT2D eigenvalue weighted by atomic mass is 79.9. The fourth-order valence-corrected chi connectivity index (χ4v) is 1.42. The van der Waals surface area contributed by atoms with Crippen molar-refractivity contribution in [3.05, 3.63) is 22.8 Å². The first-order valence-electron chi connectivity index (χ1n) is 3.54. The van der Waals surface area contributed by atoms with Crippen molar-refractivity contribution in [3.8, 4) is 6.07 Å². The second-order valence-electron chi connectivity index (χ2n) is 2.36. The van der Waals surface area contributed by atoms with Crippen molar-refractivity contribution in [2.75, 3.05) is 0 Å². The van der Waals surface area contributed by atoms with Gasteiger partial charge < -0.3 is 0 Å². The van der Waals surface area contributed by atoms with Gasteiger partial charge in [-0.25, -0.2) is 4.98 Å². The highest BCUT2D eigenvalue weighted by Crippen LogP contribution is 2.12. The molecule has 0 aliphatic carbocycles. The maximum atomic E-state index is 8.51. The second kappa shape index (κ2) is 3.11. The Hall–Kier alpha value is -1.48. The molecule has 0 saturated heterocycles. The van der Waals surface area contributed by atoms with Crippen molar-refractivity contribution in [2.45, 2.75) is 6.42 Å². The zero-order valence-electron chi connectivity index (χ0n) is 6.48. The topological polar surface area (TPSA) is 66.9 Å². The van der Waals surface area contributed by atoms with Gasteiger partial charge >= 0.3 is 0 Å². The molecule has 5 nitrogen and oxygen atoms in total. The normalized spacial score (nSPS) is 10.2. The summed E-state index contributed by atoms with van der Waals surface area (Å²) in [6.07, 6.45) is 3.60. The summed E-state index contributed by atoms with van der Waals surface area (Å²) in [6.45, 7) is 0. The molecule has 2 heterocycles. The molecule has 0 aromatic carbocycles. The summed E-state index contributed by atoms with van der Waals surface area (Å²) in [7, 11) is 0. The average Bonchev–Trinajstić information content (AvgIpc) is 2.51. The van der Waals surface area contributed by atoms with Gasteiger partial charge in [0.1, 0.15) is 0 Å². The minimum absolute atomic E-state index is 0.248. The monoisotopic (exact) mass is 237 g/mol. The number of hydrogen-bond donors (Lipinski definition) is 0. The maximum Gasteiger partial charge on any atom is 0.194 e. The number of nitrogens with zero attached hydrogens (tertiary/aromatic N) is 5.